The molecule has 96 valence electrons. The predicted molar refractivity (Wildman–Crippen MR) is 88.1 cm³/mol. The van der Waals surface area contributed by atoms with Crippen LogP contribution in [0.3, 0.4) is 0 Å². The van der Waals surface area contributed by atoms with E-state index in [-0.39, 0.29) is 0 Å². The number of nitrogens with one attached hydrogen (secondary N) is 1. The Bertz CT molecular complexity index is 735. The average molecular weight is 363 g/mol. The minimum absolute atomic E-state index is 0.743. The number of nitrogens with two attached hydrogens (primary N) is 1. The van der Waals surface area contributed by atoms with Gasteiger partial charge in [0.25, 0.3) is 0 Å². The van der Waals surface area contributed by atoms with Crippen LogP contribution in [0.25, 0.3) is 22.4 Å². The second-order valence-electron chi connectivity index (χ2n) is 4.77. The largest absolute Gasteiger partial charge is 0.398 e. The van der Waals surface area contributed by atoms with Crippen molar-refractivity contribution in [3.05, 3.63) is 45.0 Å². The average Bonchev–Trinajstić information content (AvgIpc) is 2.75. The summed E-state index contributed by atoms with van der Waals surface area (Å²) in [5.74, 6) is 0.830. The van der Waals surface area contributed by atoms with Gasteiger partial charge in [-0.3, -0.25) is 0 Å². The van der Waals surface area contributed by atoms with Crippen molar-refractivity contribution in [2.75, 3.05) is 5.73 Å². The van der Waals surface area contributed by atoms with Crippen LogP contribution < -0.4 is 5.73 Å². The van der Waals surface area contributed by atoms with E-state index in [0.29, 0.717) is 0 Å². The quantitative estimate of drug-likeness (QED) is 0.507. The first-order valence-electron chi connectivity index (χ1n) is 6.07. The van der Waals surface area contributed by atoms with Crippen LogP contribution in [0.1, 0.15) is 11.1 Å². The van der Waals surface area contributed by atoms with Gasteiger partial charge >= 0.3 is 0 Å². The molecule has 0 radical (unpaired) electrons. The third-order valence-electron chi connectivity index (χ3n) is 3.37. The summed E-state index contributed by atoms with van der Waals surface area (Å²) in [5, 5.41) is 0. The molecular weight excluding hydrogens is 349 g/mol. The van der Waals surface area contributed by atoms with Gasteiger partial charge in [-0.05, 0) is 77.9 Å². The third-order valence-corrected chi connectivity index (χ3v) is 4.04. The molecule has 0 saturated carbocycles. The molecule has 3 nitrogen and oxygen atoms in total. The van der Waals surface area contributed by atoms with Crippen molar-refractivity contribution in [2.45, 2.75) is 13.8 Å². The zero-order valence-corrected chi connectivity index (χ0v) is 12.9. The molecule has 0 saturated heterocycles. The molecular formula is C15H14IN3. The van der Waals surface area contributed by atoms with E-state index < -0.39 is 0 Å². The number of aromatic nitrogens is 2. The SMILES string of the molecule is Cc1cc2nc(-c3cc(I)ccc3N)[nH]c2cc1C. The summed E-state index contributed by atoms with van der Waals surface area (Å²) < 4.78 is 1.15. The fourth-order valence-electron chi connectivity index (χ4n) is 2.13. The molecule has 0 spiro atoms. The molecule has 0 atom stereocenters. The Labute approximate surface area is 125 Å². The maximum atomic E-state index is 6.04. The summed E-state index contributed by atoms with van der Waals surface area (Å²) in [6, 6.07) is 10.2. The zero-order chi connectivity index (χ0) is 13.6. The molecule has 0 bridgehead atoms. The van der Waals surface area contributed by atoms with Gasteiger partial charge in [0, 0.05) is 14.8 Å². The maximum Gasteiger partial charge on any atom is 0.140 e. The van der Waals surface area contributed by atoms with Crippen LogP contribution in [0, 0.1) is 17.4 Å². The van der Waals surface area contributed by atoms with Gasteiger partial charge in [0.2, 0.25) is 0 Å². The molecule has 3 N–H and O–H groups in total. The Morgan fingerprint density at radius 1 is 1.11 bits per heavy atom. The van der Waals surface area contributed by atoms with Crippen LogP contribution >= 0.6 is 22.6 Å². The second kappa shape index (κ2) is 4.52. The van der Waals surface area contributed by atoms with E-state index in [1.807, 2.05) is 18.2 Å². The lowest BCUT2D eigenvalue weighted by atomic mass is 10.1. The zero-order valence-electron chi connectivity index (χ0n) is 10.8. The van der Waals surface area contributed by atoms with Crippen molar-refractivity contribution in [3.63, 3.8) is 0 Å². The molecule has 0 aliphatic heterocycles. The molecule has 0 aliphatic carbocycles. The first kappa shape index (κ1) is 12.5. The van der Waals surface area contributed by atoms with E-state index in [2.05, 4.69) is 58.5 Å². The number of benzene rings is 2. The van der Waals surface area contributed by atoms with Crippen molar-refractivity contribution in [2.24, 2.45) is 0 Å². The number of hydrogen-bond acceptors (Lipinski definition) is 2. The van der Waals surface area contributed by atoms with Gasteiger partial charge < -0.3 is 10.7 Å². The van der Waals surface area contributed by atoms with Crippen molar-refractivity contribution < 1.29 is 0 Å². The Kier molecular flexibility index (Phi) is 2.97. The molecule has 0 fully saturated rings. The normalized spacial score (nSPS) is 11.1. The van der Waals surface area contributed by atoms with Gasteiger partial charge in [-0.2, -0.15) is 0 Å². The first-order chi connectivity index (χ1) is 9.04. The number of halogens is 1. The summed E-state index contributed by atoms with van der Waals surface area (Å²) >= 11 is 2.28. The summed E-state index contributed by atoms with van der Waals surface area (Å²) in [6.45, 7) is 4.21. The van der Waals surface area contributed by atoms with Crippen LogP contribution in [-0.2, 0) is 0 Å². The van der Waals surface area contributed by atoms with E-state index in [0.717, 1.165) is 31.7 Å². The molecule has 19 heavy (non-hydrogen) atoms. The Morgan fingerprint density at radius 3 is 2.63 bits per heavy atom. The number of rotatable bonds is 1. The van der Waals surface area contributed by atoms with Gasteiger partial charge in [-0.1, -0.05) is 0 Å². The number of hydrogen-bond donors (Lipinski definition) is 2. The fourth-order valence-corrected chi connectivity index (χ4v) is 2.62. The minimum Gasteiger partial charge on any atom is -0.398 e. The van der Waals surface area contributed by atoms with Crippen LogP contribution in [0.15, 0.2) is 30.3 Å². The minimum atomic E-state index is 0.743. The highest BCUT2D eigenvalue weighted by molar-refractivity contribution is 14.1. The molecule has 3 aromatic rings. The number of aryl methyl sites for hydroxylation is 2. The van der Waals surface area contributed by atoms with E-state index in [4.69, 9.17) is 5.73 Å². The highest BCUT2D eigenvalue weighted by atomic mass is 127. The van der Waals surface area contributed by atoms with Crippen LogP contribution in [-0.4, -0.2) is 9.97 Å². The highest BCUT2D eigenvalue weighted by Crippen LogP contribution is 2.28. The molecule has 0 amide bonds. The summed E-state index contributed by atoms with van der Waals surface area (Å²) in [4.78, 5) is 8.00. The predicted octanol–water partition coefficient (Wildman–Crippen LogP) is 4.03. The van der Waals surface area contributed by atoms with E-state index >= 15 is 0 Å². The van der Waals surface area contributed by atoms with Crippen LogP contribution in [0.5, 0.6) is 0 Å². The number of fused-ring (bicyclic) bond motifs is 1. The molecule has 1 heterocycles. The highest BCUT2D eigenvalue weighted by Gasteiger charge is 2.09. The summed E-state index contributed by atoms with van der Waals surface area (Å²) in [5.41, 5.74) is 12.3. The van der Waals surface area contributed by atoms with Gasteiger partial charge in [-0.25, -0.2) is 4.98 Å². The topological polar surface area (TPSA) is 54.7 Å². The van der Waals surface area contributed by atoms with Crippen molar-refractivity contribution in [1.82, 2.24) is 9.97 Å². The summed E-state index contributed by atoms with van der Waals surface area (Å²) in [7, 11) is 0. The lowest BCUT2D eigenvalue weighted by molar-refractivity contribution is 1.33. The maximum absolute atomic E-state index is 6.04. The fraction of sp³-hybridized carbons (Fsp3) is 0.133. The standard InChI is InChI=1S/C15H14IN3/c1-8-5-13-14(6-9(8)2)19-15(18-13)11-7-10(16)3-4-12(11)17/h3-7H,17H2,1-2H3,(H,18,19). The van der Waals surface area contributed by atoms with Gasteiger partial charge in [0.05, 0.1) is 11.0 Å². The van der Waals surface area contributed by atoms with Gasteiger partial charge in [0.15, 0.2) is 0 Å². The van der Waals surface area contributed by atoms with Gasteiger partial charge in [-0.15, -0.1) is 0 Å². The number of anilines is 1. The van der Waals surface area contributed by atoms with Crippen molar-refractivity contribution in [3.8, 4) is 11.4 Å². The van der Waals surface area contributed by atoms with Crippen molar-refractivity contribution in [1.29, 1.82) is 0 Å². The summed E-state index contributed by atoms with van der Waals surface area (Å²) in [6.07, 6.45) is 0. The Morgan fingerprint density at radius 2 is 1.84 bits per heavy atom. The lowest BCUT2D eigenvalue weighted by Gasteiger charge is -2.02. The van der Waals surface area contributed by atoms with E-state index in [1.54, 1.807) is 0 Å². The van der Waals surface area contributed by atoms with E-state index in [1.165, 1.54) is 11.1 Å². The molecule has 2 aromatic carbocycles. The molecule has 3 rings (SSSR count). The molecule has 0 aliphatic rings. The molecule has 4 heteroatoms. The van der Waals surface area contributed by atoms with Crippen molar-refractivity contribution >= 4 is 39.3 Å². The smallest absolute Gasteiger partial charge is 0.140 e. The monoisotopic (exact) mass is 363 g/mol. The van der Waals surface area contributed by atoms with Crippen LogP contribution in [0.4, 0.5) is 5.69 Å². The van der Waals surface area contributed by atoms with E-state index in [9.17, 15) is 0 Å². The van der Waals surface area contributed by atoms with Crippen LogP contribution in [0.2, 0.25) is 0 Å². The van der Waals surface area contributed by atoms with Gasteiger partial charge in [0.1, 0.15) is 5.82 Å². The number of H-pyrrole nitrogens is 1. The molecule has 0 unspecified atom stereocenters. The Hall–Kier alpha value is -1.56. The molecule has 1 aromatic heterocycles. The third kappa shape index (κ3) is 2.20. The Balaban J connectivity index is 2.23. The number of aromatic amines is 1. The number of nitrogen functional groups attached to an aromatic ring is 1. The number of imidazole rings is 1. The first-order valence-corrected chi connectivity index (χ1v) is 7.15. The number of nitrogens with zero attached hydrogens (tertiary/aromatic N) is 1. The second-order valence-corrected chi connectivity index (χ2v) is 6.02. The lowest BCUT2D eigenvalue weighted by Crippen LogP contribution is -1.91.